The Morgan fingerprint density at radius 2 is 1.92 bits per heavy atom. The van der Waals surface area contributed by atoms with Crippen molar-refractivity contribution >= 4 is 11.9 Å². The zero-order valence-electron chi connectivity index (χ0n) is 16.0. The molecule has 1 fully saturated rings. The Hall–Kier alpha value is -2.24. The van der Waals surface area contributed by atoms with Crippen LogP contribution in [0.3, 0.4) is 0 Å². The first-order chi connectivity index (χ1) is 12.3. The summed E-state index contributed by atoms with van der Waals surface area (Å²) in [6, 6.07) is 5.32. The molecule has 1 atom stereocenters. The summed E-state index contributed by atoms with van der Waals surface area (Å²) in [7, 11) is 1.58. The minimum absolute atomic E-state index is 0.0272. The Morgan fingerprint density at radius 3 is 2.42 bits per heavy atom. The highest BCUT2D eigenvalue weighted by Crippen LogP contribution is 2.44. The maximum atomic E-state index is 12.3. The van der Waals surface area contributed by atoms with Crippen molar-refractivity contribution in [2.24, 2.45) is 11.3 Å². The van der Waals surface area contributed by atoms with Crippen LogP contribution in [0.25, 0.3) is 0 Å². The molecule has 1 aliphatic rings. The molecule has 0 saturated heterocycles. The normalized spacial score (nSPS) is 16.5. The van der Waals surface area contributed by atoms with Crippen molar-refractivity contribution in [1.82, 2.24) is 5.32 Å². The number of hydrogen-bond acceptors (Lipinski definition) is 4. The molecule has 1 saturated carbocycles. The SMILES string of the molecule is COc1cc(C(C)NC(=O)CC2(C(=O)O)CCC2)ccc1OCC(C)C. The van der Waals surface area contributed by atoms with Crippen LogP contribution in [0.1, 0.15) is 58.1 Å². The van der Waals surface area contributed by atoms with Gasteiger partial charge < -0.3 is 19.9 Å². The van der Waals surface area contributed by atoms with Crippen molar-refractivity contribution in [2.45, 2.75) is 52.5 Å². The van der Waals surface area contributed by atoms with Crippen LogP contribution in [-0.2, 0) is 9.59 Å². The molecule has 2 N–H and O–H groups in total. The quantitative estimate of drug-likeness (QED) is 0.701. The lowest BCUT2D eigenvalue weighted by Gasteiger charge is -2.37. The first kappa shape index (κ1) is 20.1. The second-order valence-corrected chi connectivity index (χ2v) is 7.52. The summed E-state index contributed by atoms with van der Waals surface area (Å²) in [5, 5.41) is 12.3. The molecular weight excluding hydrogens is 334 g/mol. The van der Waals surface area contributed by atoms with Gasteiger partial charge in [-0.3, -0.25) is 9.59 Å². The minimum Gasteiger partial charge on any atom is -0.493 e. The van der Waals surface area contributed by atoms with Gasteiger partial charge in [0.2, 0.25) is 5.91 Å². The fourth-order valence-electron chi connectivity index (χ4n) is 3.08. The van der Waals surface area contributed by atoms with Gasteiger partial charge in [-0.05, 0) is 43.4 Å². The lowest BCUT2D eigenvalue weighted by molar-refractivity contribution is -0.157. The van der Waals surface area contributed by atoms with Crippen molar-refractivity contribution in [3.8, 4) is 11.5 Å². The van der Waals surface area contributed by atoms with E-state index in [0.29, 0.717) is 36.9 Å². The van der Waals surface area contributed by atoms with Gasteiger partial charge in [0.15, 0.2) is 11.5 Å². The van der Waals surface area contributed by atoms with Gasteiger partial charge in [0, 0.05) is 6.42 Å². The number of carbonyl (C=O) groups is 2. The molecule has 1 aromatic rings. The first-order valence-electron chi connectivity index (χ1n) is 9.11. The Balaban J connectivity index is 2.01. The second kappa shape index (κ2) is 8.43. The average molecular weight is 363 g/mol. The highest BCUT2D eigenvalue weighted by atomic mass is 16.5. The van der Waals surface area contributed by atoms with E-state index in [4.69, 9.17) is 9.47 Å². The molecule has 1 aromatic carbocycles. The number of aliphatic carboxylic acids is 1. The summed E-state index contributed by atoms with van der Waals surface area (Å²) in [5.41, 5.74) is 0.000773. The van der Waals surface area contributed by atoms with Crippen molar-refractivity contribution in [3.63, 3.8) is 0 Å². The maximum Gasteiger partial charge on any atom is 0.310 e. The van der Waals surface area contributed by atoms with Gasteiger partial charge in [-0.15, -0.1) is 0 Å². The van der Waals surface area contributed by atoms with Crippen molar-refractivity contribution in [1.29, 1.82) is 0 Å². The predicted octanol–water partition coefficient (Wildman–Crippen LogP) is 3.55. The van der Waals surface area contributed by atoms with Gasteiger partial charge in [-0.2, -0.15) is 0 Å². The van der Waals surface area contributed by atoms with Gasteiger partial charge >= 0.3 is 5.97 Å². The molecule has 0 aliphatic heterocycles. The van der Waals surface area contributed by atoms with Gasteiger partial charge in [0.05, 0.1) is 25.2 Å². The zero-order chi connectivity index (χ0) is 19.3. The van der Waals surface area contributed by atoms with Crippen molar-refractivity contribution in [2.75, 3.05) is 13.7 Å². The number of methoxy groups -OCH3 is 1. The van der Waals surface area contributed by atoms with E-state index in [1.807, 2.05) is 25.1 Å². The van der Waals surface area contributed by atoms with E-state index in [1.54, 1.807) is 7.11 Å². The summed E-state index contributed by atoms with van der Waals surface area (Å²) >= 11 is 0. The molecule has 1 amide bonds. The Bertz CT molecular complexity index is 652. The molecule has 0 heterocycles. The Morgan fingerprint density at radius 1 is 1.23 bits per heavy atom. The number of rotatable bonds is 9. The van der Waals surface area contributed by atoms with E-state index in [0.717, 1.165) is 12.0 Å². The number of carboxylic acids is 1. The number of ether oxygens (including phenoxy) is 2. The summed E-state index contributed by atoms with van der Waals surface area (Å²) in [6.45, 7) is 6.61. The second-order valence-electron chi connectivity index (χ2n) is 7.52. The van der Waals surface area contributed by atoms with Gasteiger partial charge in [0.25, 0.3) is 0 Å². The summed E-state index contributed by atoms with van der Waals surface area (Å²) in [6.07, 6.45) is 2.03. The molecule has 1 aliphatic carbocycles. The van der Waals surface area contributed by atoms with Crippen molar-refractivity contribution in [3.05, 3.63) is 23.8 Å². The minimum atomic E-state index is -0.879. The third-order valence-corrected chi connectivity index (χ3v) is 4.90. The van der Waals surface area contributed by atoms with Crippen LogP contribution < -0.4 is 14.8 Å². The number of carbonyl (C=O) groups excluding carboxylic acids is 1. The van der Waals surface area contributed by atoms with Crippen molar-refractivity contribution < 1.29 is 24.2 Å². The van der Waals surface area contributed by atoms with E-state index in [-0.39, 0.29) is 18.4 Å². The van der Waals surface area contributed by atoms with E-state index in [1.165, 1.54) is 0 Å². The van der Waals surface area contributed by atoms with Crippen LogP contribution in [0.5, 0.6) is 11.5 Å². The van der Waals surface area contributed by atoms with Crippen LogP contribution in [0.2, 0.25) is 0 Å². The van der Waals surface area contributed by atoms with E-state index < -0.39 is 11.4 Å². The molecule has 0 bridgehead atoms. The molecule has 144 valence electrons. The predicted molar refractivity (Wildman–Crippen MR) is 98.4 cm³/mol. The lowest BCUT2D eigenvalue weighted by Crippen LogP contribution is -2.43. The monoisotopic (exact) mass is 363 g/mol. The molecular formula is C20H29NO5. The lowest BCUT2D eigenvalue weighted by atomic mass is 9.66. The van der Waals surface area contributed by atoms with E-state index >= 15 is 0 Å². The van der Waals surface area contributed by atoms with Gasteiger partial charge in [0.1, 0.15) is 0 Å². The summed E-state index contributed by atoms with van der Waals surface area (Å²) < 4.78 is 11.1. The standard InChI is InChI=1S/C20H29NO5/c1-13(2)12-26-16-7-6-15(10-17(16)25-4)14(3)21-18(22)11-20(19(23)24)8-5-9-20/h6-7,10,13-14H,5,8-9,11-12H2,1-4H3,(H,21,22)(H,23,24). The van der Waals surface area contributed by atoms with Gasteiger partial charge in [-0.1, -0.05) is 26.3 Å². The highest BCUT2D eigenvalue weighted by Gasteiger charge is 2.46. The maximum absolute atomic E-state index is 12.3. The van der Waals surface area contributed by atoms with Crippen LogP contribution in [0.15, 0.2) is 18.2 Å². The summed E-state index contributed by atoms with van der Waals surface area (Å²) in [5.74, 6) is 0.581. The molecule has 6 nitrogen and oxygen atoms in total. The third kappa shape index (κ3) is 4.68. The Kier molecular flexibility index (Phi) is 6.51. The molecule has 0 spiro atoms. The number of hydrogen-bond donors (Lipinski definition) is 2. The fourth-order valence-corrected chi connectivity index (χ4v) is 3.08. The average Bonchev–Trinajstić information content (AvgIpc) is 2.55. The molecule has 6 heteroatoms. The summed E-state index contributed by atoms with van der Waals surface area (Å²) in [4.78, 5) is 23.7. The van der Waals surface area contributed by atoms with Gasteiger partial charge in [-0.25, -0.2) is 0 Å². The zero-order valence-corrected chi connectivity index (χ0v) is 16.0. The molecule has 26 heavy (non-hydrogen) atoms. The first-order valence-corrected chi connectivity index (χ1v) is 9.11. The smallest absolute Gasteiger partial charge is 0.310 e. The highest BCUT2D eigenvalue weighted by molar-refractivity contribution is 5.85. The van der Waals surface area contributed by atoms with E-state index in [2.05, 4.69) is 19.2 Å². The Labute approximate surface area is 154 Å². The van der Waals surface area contributed by atoms with Crippen LogP contribution in [0, 0.1) is 11.3 Å². The molecule has 0 aromatic heterocycles. The van der Waals surface area contributed by atoms with Crippen LogP contribution in [-0.4, -0.2) is 30.7 Å². The topological polar surface area (TPSA) is 84.9 Å². The number of nitrogens with one attached hydrogen (secondary N) is 1. The third-order valence-electron chi connectivity index (χ3n) is 4.90. The molecule has 2 rings (SSSR count). The number of carboxylic acid groups (broad SMARTS) is 1. The number of amides is 1. The van der Waals surface area contributed by atoms with Crippen LogP contribution in [0.4, 0.5) is 0 Å². The van der Waals surface area contributed by atoms with Crippen LogP contribution >= 0.6 is 0 Å². The number of benzene rings is 1. The molecule has 0 radical (unpaired) electrons. The fraction of sp³-hybridized carbons (Fsp3) is 0.600. The molecule has 1 unspecified atom stereocenters. The van der Waals surface area contributed by atoms with E-state index in [9.17, 15) is 14.7 Å². The largest absolute Gasteiger partial charge is 0.493 e.